The van der Waals surface area contributed by atoms with E-state index in [-0.39, 0.29) is 24.7 Å². The normalized spacial score (nSPS) is 12.4. The third-order valence-corrected chi connectivity index (χ3v) is 2.66. The van der Waals surface area contributed by atoms with Crippen molar-refractivity contribution >= 4 is 22.0 Å². The highest BCUT2D eigenvalue weighted by atomic mass is 79.9. The Morgan fingerprint density at radius 2 is 2.40 bits per heavy atom. The third kappa shape index (κ3) is 1.73. The molecule has 0 aliphatic carbocycles. The van der Waals surface area contributed by atoms with E-state index >= 15 is 0 Å². The molecule has 0 spiro atoms. The molecule has 0 unspecified atom stereocenters. The fraction of sp³-hybridized carbons (Fsp3) is 0.222. The van der Waals surface area contributed by atoms with Crippen molar-refractivity contribution in [2.24, 2.45) is 4.99 Å². The number of ether oxygens (including phenoxy) is 2. The van der Waals surface area contributed by atoms with Crippen molar-refractivity contribution in [3.05, 3.63) is 21.9 Å². The molecule has 0 bridgehead atoms. The van der Waals surface area contributed by atoms with Gasteiger partial charge in [-0.05, 0) is 6.07 Å². The molecule has 0 atom stereocenters. The minimum atomic E-state index is -0.559. The molecule has 0 aromatic heterocycles. The van der Waals surface area contributed by atoms with Crippen molar-refractivity contribution in [1.29, 1.82) is 0 Å². The lowest BCUT2D eigenvalue weighted by Gasteiger charge is -2.05. The quantitative estimate of drug-likeness (QED) is 0.613. The lowest BCUT2D eigenvalue weighted by Crippen LogP contribution is -1.95. The number of isocyanates is 1. The summed E-state index contributed by atoms with van der Waals surface area (Å²) in [6, 6.07) is 1.58. The minimum absolute atomic E-state index is 0.000898. The van der Waals surface area contributed by atoms with Gasteiger partial charge in [0.05, 0.1) is 6.54 Å². The van der Waals surface area contributed by atoms with Crippen LogP contribution in [0.5, 0.6) is 11.5 Å². The Bertz CT molecular complexity index is 457. The van der Waals surface area contributed by atoms with Crippen LogP contribution in [-0.2, 0) is 11.3 Å². The van der Waals surface area contributed by atoms with E-state index in [4.69, 9.17) is 9.47 Å². The van der Waals surface area contributed by atoms with E-state index in [1.165, 1.54) is 6.08 Å². The number of benzene rings is 1. The minimum Gasteiger partial charge on any atom is -0.453 e. The summed E-state index contributed by atoms with van der Waals surface area (Å²) < 4.78 is 24.2. The highest BCUT2D eigenvalue weighted by molar-refractivity contribution is 9.10. The predicted octanol–water partition coefficient (Wildman–Crippen LogP) is 2.15. The average molecular weight is 274 g/mol. The molecular formula is C9H5BrFNO3. The molecular weight excluding hydrogens is 269 g/mol. The zero-order valence-electron chi connectivity index (χ0n) is 7.42. The molecule has 6 heteroatoms. The van der Waals surface area contributed by atoms with Gasteiger partial charge in [-0.1, -0.05) is 15.9 Å². The van der Waals surface area contributed by atoms with E-state index in [2.05, 4.69) is 20.9 Å². The van der Waals surface area contributed by atoms with Crippen LogP contribution in [0.25, 0.3) is 0 Å². The van der Waals surface area contributed by atoms with E-state index in [9.17, 15) is 9.18 Å². The highest BCUT2D eigenvalue weighted by Crippen LogP contribution is 2.40. The summed E-state index contributed by atoms with van der Waals surface area (Å²) in [6.07, 6.45) is 1.35. The van der Waals surface area contributed by atoms with Gasteiger partial charge in [0.2, 0.25) is 18.6 Å². The average Bonchev–Trinajstić information content (AvgIpc) is 2.65. The van der Waals surface area contributed by atoms with Crippen LogP contribution >= 0.6 is 15.9 Å². The summed E-state index contributed by atoms with van der Waals surface area (Å²) in [6.45, 7) is -0.0777. The summed E-state index contributed by atoms with van der Waals surface area (Å²) in [7, 11) is 0. The van der Waals surface area contributed by atoms with Crippen LogP contribution in [0.15, 0.2) is 15.5 Å². The van der Waals surface area contributed by atoms with Gasteiger partial charge in [-0.15, -0.1) is 0 Å². The molecule has 0 saturated carbocycles. The lowest BCUT2D eigenvalue weighted by atomic mass is 10.2. The molecule has 1 aliphatic heterocycles. The first-order valence-corrected chi connectivity index (χ1v) is 4.83. The molecule has 78 valence electrons. The van der Waals surface area contributed by atoms with E-state index in [1.807, 2.05) is 0 Å². The Hall–Kier alpha value is -1.39. The van der Waals surface area contributed by atoms with Crippen molar-refractivity contribution in [1.82, 2.24) is 0 Å². The first-order valence-electron chi connectivity index (χ1n) is 4.04. The van der Waals surface area contributed by atoms with Crippen molar-refractivity contribution in [3.8, 4) is 11.5 Å². The van der Waals surface area contributed by atoms with Crippen LogP contribution in [0.1, 0.15) is 5.56 Å². The first kappa shape index (κ1) is 10.1. The number of carbonyl (C=O) groups excluding carboxylic acids is 1. The van der Waals surface area contributed by atoms with Crippen molar-refractivity contribution in [2.45, 2.75) is 6.54 Å². The van der Waals surface area contributed by atoms with Crippen LogP contribution in [0.4, 0.5) is 4.39 Å². The van der Waals surface area contributed by atoms with Crippen LogP contribution in [-0.4, -0.2) is 12.9 Å². The maximum absolute atomic E-state index is 13.7. The van der Waals surface area contributed by atoms with E-state index in [0.717, 1.165) is 0 Å². The summed E-state index contributed by atoms with van der Waals surface area (Å²) in [5.74, 6) is -0.150. The molecule has 2 rings (SSSR count). The van der Waals surface area contributed by atoms with Crippen molar-refractivity contribution in [3.63, 3.8) is 0 Å². The Morgan fingerprint density at radius 1 is 1.60 bits per heavy atom. The Balaban J connectivity index is 2.50. The largest absolute Gasteiger partial charge is 0.453 e. The smallest absolute Gasteiger partial charge is 0.235 e. The number of rotatable bonds is 2. The van der Waals surface area contributed by atoms with Gasteiger partial charge in [-0.2, -0.15) is 0 Å². The molecule has 15 heavy (non-hydrogen) atoms. The zero-order valence-corrected chi connectivity index (χ0v) is 9.01. The van der Waals surface area contributed by atoms with Crippen LogP contribution in [0.3, 0.4) is 0 Å². The predicted molar refractivity (Wildman–Crippen MR) is 52.0 cm³/mol. The summed E-state index contributed by atoms with van der Waals surface area (Å²) in [5, 5.41) is 0. The molecule has 0 amide bonds. The van der Waals surface area contributed by atoms with Gasteiger partial charge < -0.3 is 9.47 Å². The van der Waals surface area contributed by atoms with Crippen LogP contribution < -0.4 is 9.47 Å². The summed E-state index contributed by atoms with van der Waals surface area (Å²) >= 11 is 3.17. The summed E-state index contributed by atoms with van der Waals surface area (Å²) in [4.78, 5) is 13.3. The van der Waals surface area contributed by atoms with E-state index < -0.39 is 5.82 Å². The van der Waals surface area contributed by atoms with E-state index in [0.29, 0.717) is 10.2 Å². The molecule has 0 N–H and O–H groups in total. The number of halogens is 2. The van der Waals surface area contributed by atoms with Gasteiger partial charge in [-0.3, -0.25) is 0 Å². The molecule has 4 nitrogen and oxygen atoms in total. The van der Waals surface area contributed by atoms with E-state index in [1.54, 1.807) is 6.07 Å². The summed E-state index contributed by atoms with van der Waals surface area (Å²) in [5.41, 5.74) is 0.252. The monoisotopic (exact) mass is 273 g/mol. The van der Waals surface area contributed by atoms with Gasteiger partial charge in [0.25, 0.3) is 0 Å². The van der Waals surface area contributed by atoms with Gasteiger partial charge in [0, 0.05) is 10.0 Å². The fourth-order valence-electron chi connectivity index (χ4n) is 1.27. The fourth-order valence-corrected chi connectivity index (χ4v) is 1.78. The van der Waals surface area contributed by atoms with Crippen molar-refractivity contribution in [2.75, 3.05) is 6.79 Å². The maximum Gasteiger partial charge on any atom is 0.235 e. The number of aliphatic imine (C=N–C) groups is 1. The topological polar surface area (TPSA) is 47.9 Å². The zero-order chi connectivity index (χ0) is 10.8. The van der Waals surface area contributed by atoms with Gasteiger partial charge >= 0.3 is 0 Å². The number of hydrogen-bond donors (Lipinski definition) is 0. The Morgan fingerprint density at radius 3 is 3.13 bits per heavy atom. The van der Waals surface area contributed by atoms with Crippen molar-refractivity contribution < 1.29 is 18.7 Å². The molecule has 1 aliphatic rings. The second kappa shape index (κ2) is 4.00. The Kier molecular flexibility index (Phi) is 2.70. The lowest BCUT2D eigenvalue weighted by molar-refractivity contribution is 0.170. The Labute approximate surface area is 92.8 Å². The molecule has 1 aromatic rings. The van der Waals surface area contributed by atoms with Gasteiger partial charge in [0.15, 0.2) is 11.6 Å². The maximum atomic E-state index is 13.7. The van der Waals surface area contributed by atoms with Crippen LogP contribution in [0.2, 0.25) is 0 Å². The number of hydrogen-bond acceptors (Lipinski definition) is 4. The SMILES string of the molecule is O=C=NCc1c(Br)cc2c(c1F)OCO2. The second-order valence-corrected chi connectivity index (χ2v) is 3.65. The second-order valence-electron chi connectivity index (χ2n) is 2.79. The molecule has 0 saturated heterocycles. The van der Waals surface area contributed by atoms with Gasteiger partial charge in [-0.25, -0.2) is 14.2 Å². The molecule has 1 aromatic carbocycles. The molecule has 0 fully saturated rings. The van der Waals surface area contributed by atoms with Gasteiger partial charge in [0.1, 0.15) is 0 Å². The third-order valence-electron chi connectivity index (χ3n) is 1.95. The molecule has 1 heterocycles. The number of fused-ring (bicyclic) bond motifs is 1. The first-order chi connectivity index (χ1) is 7.24. The standard InChI is InChI=1S/C9H5BrFNO3/c10-6-1-7-9(15-4-14-7)8(11)5(6)2-12-3-13/h1H,2,4H2. The highest BCUT2D eigenvalue weighted by Gasteiger charge is 2.23. The molecule has 0 radical (unpaired) electrons. The van der Waals surface area contributed by atoms with Crippen LogP contribution in [0, 0.1) is 5.82 Å². The number of nitrogens with zero attached hydrogens (tertiary/aromatic N) is 1.